The van der Waals surface area contributed by atoms with Gasteiger partial charge in [-0.25, -0.2) is 4.79 Å². The minimum atomic E-state index is -0.443. The van der Waals surface area contributed by atoms with E-state index in [0.29, 0.717) is 18.1 Å². The van der Waals surface area contributed by atoms with Gasteiger partial charge in [0.1, 0.15) is 5.60 Å². The van der Waals surface area contributed by atoms with E-state index in [-0.39, 0.29) is 12.1 Å². The summed E-state index contributed by atoms with van der Waals surface area (Å²) < 4.78 is 10.7. The third kappa shape index (κ3) is 6.20. The highest BCUT2D eigenvalue weighted by Crippen LogP contribution is 2.23. The number of ether oxygens (including phenoxy) is 2. The van der Waals surface area contributed by atoms with Gasteiger partial charge in [-0.15, -0.1) is 0 Å². The van der Waals surface area contributed by atoms with Crippen LogP contribution in [0.1, 0.15) is 40.5 Å². The third-order valence-electron chi connectivity index (χ3n) is 3.63. The van der Waals surface area contributed by atoms with E-state index >= 15 is 0 Å². The molecule has 3 N–H and O–H groups in total. The number of alkyl carbamates (subject to hydrolysis) is 1. The number of amides is 1. The van der Waals surface area contributed by atoms with Gasteiger partial charge >= 0.3 is 6.09 Å². The maximum absolute atomic E-state index is 11.7. The van der Waals surface area contributed by atoms with Crippen LogP contribution in [0.2, 0.25) is 0 Å². The second-order valence-corrected chi connectivity index (χ2v) is 7.12. The normalized spacial score (nSPS) is 30.6. The number of nitrogens with one attached hydrogen (secondary N) is 3. The average molecular weight is 299 g/mol. The molecule has 4 atom stereocenters. The zero-order valence-electron chi connectivity index (χ0n) is 13.6. The molecule has 0 bridgehead atoms. The zero-order valence-corrected chi connectivity index (χ0v) is 13.6. The first kappa shape index (κ1) is 16.5. The topological polar surface area (TPSA) is 71.6 Å². The molecule has 0 aromatic heterocycles. The Bertz CT molecular complexity index is 351. The van der Waals surface area contributed by atoms with Crippen molar-refractivity contribution in [3.63, 3.8) is 0 Å². The highest BCUT2D eigenvalue weighted by atomic mass is 16.6. The fourth-order valence-corrected chi connectivity index (χ4v) is 2.63. The smallest absolute Gasteiger partial charge is 0.407 e. The monoisotopic (exact) mass is 299 g/mol. The Balaban J connectivity index is 1.61. The molecule has 1 aliphatic heterocycles. The maximum atomic E-state index is 11.7. The fraction of sp³-hybridized carbons (Fsp3) is 0.933. The number of hydrogen-bond donors (Lipinski definition) is 3. The lowest BCUT2D eigenvalue weighted by atomic mass is 10.1. The van der Waals surface area contributed by atoms with E-state index in [1.807, 2.05) is 20.8 Å². The van der Waals surface area contributed by atoms with Gasteiger partial charge in [-0.1, -0.05) is 0 Å². The Kier molecular flexibility index (Phi) is 5.46. The Morgan fingerprint density at radius 2 is 2.19 bits per heavy atom. The van der Waals surface area contributed by atoms with Crippen molar-refractivity contribution >= 4 is 6.09 Å². The number of morpholine rings is 1. The molecule has 1 amide bonds. The molecule has 0 aromatic rings. The summed E-state index contributed by atoms with van der Waals surface area (Å²) in [6.45, 7) is 10.3. The molecule has 6 nitrogen and oxygen atoms in total. The Morgan fingerprint density at radius 3 is 2.81 bits per heavy atom. The molecule has 2 fully saturated rings. The number of carbonyl (C=O) groups excluding carboxylic acids is 1. The summed E-state index contributed by atoms with van der Waals surface area (Å²) in [4.78, 5) is 11.7. The first-order valence-corrected chi connectivity index (χ1v) is 7.90. The van der Waals surface area contributed by atoms with Crippen LogP contribution < -0.4 is 16.0 Å². The highest BCUT2D eigenvalue weighted by molar-refractivity contribution is 5.68. The molecular weight excluding hydrogens is 270 g/mol. The van der Waals surface area contributed by atoms with Crippen molar-refractivity contribution in [2.24, 2.45) is 0 Å². The van der Waals surface area contributed by atoms with Gasteiger partial charge in [0.2, 0.25) is 0 Å². The van der Waals surface area contributed by atoms with Crippen LogP contribution in [0.15, 0.2) is 0 Å². The van der Waals surface area contributed by atoms with Gasteiger partial charge in [0.05, 0.1) is 13.2 Å². The first-order valence-electron chi connectivity index (χ1n) is 7.90. The van der Waals surface area contributed by atoms with Crippen molar-refractivity contribution in [1.29, 1.82) is 0 Å². The van der Waals surface area contributed by atoms with E-state index in [9.17, 15) is 4.79 Å². The van der Waals surface area contributed by atoms with E-state index in [1.54, 1.807) is 0 Å². The SMILES string of the molecule is CC(CC1COCCN1)NC1CC1NC(=O)OC(C)(C)C. The van der Waals surface area contributed by atoms with Gasteiger partial charge in [0.25, 0.3) is 0 Å². The van der Waals surface area contributed by atoms with Crippen molar-refractivity contribution in [2.75, 3.05) is 19.8 Å². The van der Waals surface area contributed by atoms with Crippen LogP contribution in [0, 0.1) is 0 Å². The molecule has 1 saturated heterocycles. The predicted octanol–water partition coefficient (Wildman–Crippen LogP) is 1.01. The van der Waals surface area contributed by atoms with Crippen molar-refractivity contribution in [3.05, 3.63) is 0 Å². The largest absolute Gasteiger partial charge is 0.444 e. The molecule has 4 unspecified atom stereocenters. The number of hydrogen-bond acceptors (Lipinski definition) is 5. The van der Waals surface area contributed by atoms with Crippen LogP contribution in [0.3, 0.4) is 0 Å². The van der Waals surface area contributed by atoms with E-state index in [1.165, 1.54) is 0 Å². The second kappa shape index (κ2) is 6.94. The van der Waals surface area contributed by atoms with E-state index in [2.05, 4.69) is 22.9 Å². The van der Waals surface area contributed by atoms with Crippen LogP contribution in [0.5, 0.6) is 0 Å². The summed E-state index contributed by atoms with van der Waals surface area (Å²) in [5, 5.41) is 9.92. The van der Waals surface area contributed by atoms with E-state index in [0.717, 1.165) is 32.6 Å². The van der Waals surface area contributed by atoms with Gasteiger partial charge < -0.3 is 25.4 Å². The van der Waals surface area contributed by atoms with Crippen LogP contribution in [0.25, 0.3) is 0 Å². The average Bonchev–Trinajstić information content (AvgIpc) is 3.05. The van der Waals surface area contributed by atoms with E-state index < -0.39 is 5.60 Å². The molecule has 0 radical (unpaired) electrons. The van der Waals surface area contributed by atoms with Gasteiger partial charge in [-0.3, -0.25) is 0 Å². The van der Waals surface area contributed by atoms with Crippen LogP contribution in [-0.2, 0) is 9.47 Å². The molecular formula is C15H29N3O3. The fourth-order valence-electron chi connectivity index (χ4n) is 2.63. The van der Waals surface area contributed by atoms with Crippen molar-refractivity contribution in [2.45, 2.75) is 70.3 Å². The maximum Gasteiger partial charge on any atom is 0.407 e. The Hall–Kier alpha value is -0.850. The summed E-state index contributed by atoms with van der Waals surface area (Å²) in [7, 11) is 0. The van der Waals surface area contributed by atoms with Crippen LogP contribution >= 0.6 is 0 Å². The Labute approximate surface area is 127 Å². The van der Waals surface area contributed by atoms with Gasteiger partial charge in [0, 0.05) is 30.7 Å². The molecule has 2 rings (SSSR count). The standard InChI is InChI=1S/C15H29N3O3/c1-10(7-11-9-20-6-5-16-11)17-12-8-13(12)18-14(19)21-15(2,3)4/h10-13,16-17H,5-9H2,1-4H3,(H,18,19). The molecule has 1 heterocycles. The molecule has 21 heavy (non-hydrogen) atoms. The third-order valence-corrected chi connectivity index (χ3v) is 3.63. The lowest BCUT2D eigenvalue weighted by molar-refractivity contribution is 0.0521. The molecule has 6 heteroatoms. The Morgan fingerprint density at radius 1 is 1.43 bits per heavy atom. The van der Waals surface area contributed by atoms with Crippen molar-refractivity contribution in [1.82, 2.24) is 16.0 Å². The minimum Gasteiger partial charge on any atom is -0.444 e. The van der Waals surface area contributed by atoms with Gasteiger partial charge in [-0.2, -0.15) is 0 Å². The second-order valence-electron chi connectivity index (χ2n) is 7.12. The molecule has 1 saturated carbocycles. The van der Waals surface area contributed by atoms with Crippen LogP contribution in [-0.4, -0.2) is 55.6 Å². The summed E-state index contributed by atoms with van der Waals surface area (Å²) in [6.07, 6.45) is 1.68. The number of carbonyl (C=O) groups is 1. The van der Waals surface area contributed by atoms with Crippen molar-refractivity contribution in [3.8, 4) is 0 Å². The molecule has 1 aliphatic carbocycles. The van der Waals surface area contributed by atoms with E-state index in [4.69, 9.17) is 9.47 Å². The molecule has 122 valence electrons. The minimum absolute atomic E-state index is 0.192. The number of rotatable bonds is 5. The summed E-state index contributed by atoms with van der Waals surface area (Å²) in [6, 6.07) is 1.38. The zero-order chi connectivity index (χ0) is 15.5. The summed E-state index contributed by atoms with van der Waals surface area (Å²) in [5.74, 6) is 0. The molecule has 0 spiro atoms. The summed E-state index contributed by atoms with van der Waals surface area (Å²) in [5.41, 5.74) is -0.443. The van der Waals surface area contributed by atoms with Crippen LogP contribution in [0.4, 0.5) is 4.79 Å². The first-order chi connectivity index (χ1) is 9.83. The quantitative estimate of drug-likeness (QED) is 0.707. The highest BCUT2D eigenvalue weighted by Gasteiger charge is 2.40. The lowest BCUT2D eigenvalue weighted by Gasteiger charge is -2.27. The van der Waals surface area contributed by atoms with Gasteiger partial charge in [-0.05, 0) is 40.5 Å². The molecule has 0 aromatic carbocycles. The lowest BCUT2D eigenvalue weighted by Crippen LogP contribution is -2.46. The van der Waals surface area contributed by atoms with Gasteiger partial charge in [0.15, 0.2) is 0 Å². The predicted molar refractivity (Wildman–Crippen MR) is 81.4 cm³/mol. The van der Waals surface area contributed by atoms with Crippen molar-refractivity contribution < 1.29 is 14.3 Å². The summed E-state index contributed by atoms with van der Waals surface area (Å²) >= 11 is 0. The molecule has 2 aliphatic rings.